The van der Waals surface area contributed by atoms with Crippen molar-refractivity contribution in [3.8, 4) is 5.75 Å². The van der Waals surface area contributed by atoms with Gasteiger partial charge in [-0.25, -0.2) is 0 Å². The van der Waals surface area contributed by atoms with Crippen LogP contribution in [0.5, 0.6) is 5.75 Å². The second-order valence-electron chi connectivity index (χ2n) is 5.34. The van der Waals surface area contributed by atoms with Crippen LogP contribution in [-0.4, -0.2) is 18.4 Å². The number of ether oxygens (including phenoxy) is 1. The van der Waals surface area contributed by atoms with E-state index in [-0.39, 0.29) is 6.61 Å². The molecule has 24 heavy (non-hydrogen) atoms. The van der Waals surface area contributed by atoms with Gasteiger partial charge in [-0.15, -0.1) is 0 Å². The average Bonchev–Trinajstić information content (AvgIpc) is 2.58. The Balaban J connectivity index is 1.74. The number of carbonyl (C=O) groups is 2. The molecule has 2 aromatic carbocycles. The van der Waals surface area contributed by atoms with Crippen molar-refractivity contribution in [1.29, 1.82) is 0 Å². The first kappa shape index (κ1) is 17.3. The highest BCUT2D eigenvalue weighted by Crippen LogP contribution is 2.15. The molecule has 0 radical (unpaired) electrons. The van der Waals surface area contributed by atoms with Crippen LogP contribution in [0.3, 0.4) is 0 Å². The van der Waals surface area contributed by atoms with E-state index in [9.17, 15) is 9.59 Å². The van der Waals surface area contributed by atoms with Gasteiger partial charge in [-0.2, -0.15) is 0 Å². The summed E-state index contributed by atoms with van der Waals surface area (Å²) in [6, 6.07) is 15.1. The number of hydrogen-bond acceptors (Lipinski definition) is 3. The minimum absolute atomic E-state index is 0.174. The first-order chi connectivity index (χ1) is 11.5. The quantitative estimate of drug-likeness (QED) is 0.656. The summed E-state index contributed by atoms with van der Waals surface area (Å²) in [5.74, 6) is -0.214. The van der Waals surface area contributed by atoms with Crippen molar-refractivity contribution in [3.05, 3.63) is 71.3 Å². The van der Waals surface area contributed by atoms with Gasteiger partial charge in [0, 0.05) is 6.08 Å². The van der Waals surface area contributed by atoms with Crippen molar-refractivity contribution < 1.29 is 14.3 Å². The van der Waals surface area contributed by atoms with Crippen molar-refractivity contribution in [3.63, 3.8) is 0 Å². The number of hydrogen-bond donors (Lipinski definition) is 2. The maximum atomic E-state index is 11.7. The molecule has 5 nitrogen and oxygen atoms in total. The van der Waals surface area contributed by atoms with Crippen LogP contribution in [0.2, 0.25) is 0 Å². The zero-order valence-electron chi connectivity index (χ0n) is 13.7. The fourth-order valence-corrected chi connectivity index (χ4v) is 1.92. The highest BCUT2D eigenvalue weighted by Gasteiger charge is 2.05. The second kappa shape index (κ2) is 8.53. The van der Waals surface area contributed by atoms with Crippen LogP contribution in [0, 0.1) is 13.8 Å². The molecule has 0 spiro atoms. The third-order valence-corrected chi connectivity index (χ3v) is 3.28. The first-order valence-electron chi connectivity index (χ1n) is 7.56. The number of amides is 2. The first-order valence-corrected chi connectivity index (χ1v) is 7.56. The SMILES string of the molecule is Cc1ccc(C=CC(=O)NNC(=O)COc2ccccc2C)cc1. The van der Waals surface area contributed by atoms with Gasteiger partial charge in [0.25, 0.3) is 11.8 Å². The lowest BCUT2D eigenvalue weighted by Crippen LogP contribution is -2.43. The average molecular weight is 324 g/mol. The van der Waals surface area contributed by atoms with Gasteiger partial charge < -0.3 is 4.74 Å². The Labute approximate surface area is 141 Å². The predicted octanol–water partition coefficient (Wildman–Crippen LogP) is 2.54. The number of nitrogens with one attached hydrogen (secondary N) is 2. The van der Waals surface area contributed by atoms with Crippen molar-refractivity contribution in [1.82, 2.24) is 10.9 Å². The predicted molar refractivity (Wildman–Crippen MR) is 93.2 cm³/mol. The minimum Gasteiger partial charge on any atom is -0.483 e. The molecule has 2 N–H and O–H groups in total. The molecule has 2 aromatic rings. The molecule has 0 aliphatic rings. The van der Waals surface area contributed by atoms with E-state index >= 15 is 0 Å². The minimum atomic E-state index is -0.435. The summed E-state index contributed by atoms with van der Waals surface area (Å²) in [6.07, 6.45) is 3.03. The highest BCUT2D eigenvalue weighted by atomic mass is 16.5. The Bertz CT molecular complexity index is 737. The lowest BCUT2D eigenvalue weighted by atomic mass is 10.1. The summed E-state index contributed by atoms with van der Waals surface area (Å²) in [7, 11) is 0. The fraction of sp³-hybridized carbons (Fsp3) is 0.158. The Morgan fingerprint density at radius 3 is 2.42 bits per heavy atom. The smallest absolute Gasteiger partial charge is 0.276 e. The maximum absolute atomic E-state index is 11.7. The van der Waals surface area contributed by atoms with Crippen molar-refractivity contribution in [2.45, 2.75) is 13.8 Å². The number of para-hydroxylation sites is 1. The standard InChI is InChI=1S/C19H20N2O3/c1-14-7-9-16(10-8-14)11-12-18(22)20-21-19(23)13-24-17-6-4-3-5-15(17)2/h3-12H,13H2,1-2H3,(H,20,22)(H,21,23). The molecule has 2 rings (SSSR count). The van der Waals surface area contributed by atoms with Crippen molar-refractivity contribution >= 4 is 17.9 Å². The van der Waals surface area contributed by atoms with Crippen molar-refractivity contribution in [2.75, 3.05) is 6.61 Å². The summed E-state index contributed by atoms with van der Waals surface area (Å²) < 4.78 is 5.39. The van der Waals surface area contributed by atoms with E-state index in [1.54, 1.807) is 12.1 Å². The zero-order valence-corrected chi connectivity index (χ0v) is 13.7. The zero-order chi connectivity index (χ0) is 17.4. The number of hydrazine groups is 1. The van der Waals surface area contributed by atoms with Crippen LogP contribution in [0.1, 0.15) is 16.7 Å². The van der Waals surface area contributed by atoms with E-state index in [0.29, 0.717) is 5.75 Å². The molecule has 0 fully saturated rings. The second-order valence-corrected chi connectivity index (χ2v) is 5.34. The summed E-state index contributed by atoms with van der Waals surface area (Å²) in [4.78, 5) is 23.3. The van der Waals surface area contributed by atoms with Gasteiger partial charge >= 0.3 is 0 Å². The lowest BCUT2D eigenvalue weighted by Gasteiger charge is -2.09. The van der Waals surface area contributed by atoms with E-state index in [4.69, 9.17) is 4.74 Å². The number of benzene rings is 2. The molecule has 5 heteroatoms. The third kappa shape index (κ3) is 5.61. The Kier molecular flexibility index (Phi) is 6.14. The van der Waals surface area contributed by atoms with E-state index in [1.165, 1.54) is 6.08 Å². The molecular weight excluding hydrogens is 304 g/mol. The van der Waals surface area contributed by atoms with Gasteiger partial charge in [0.2, 0.25) is 0 Å². The lowest BCUT2D eigenvalue weighted by molar-refractivity contribution is -0.128. The van der Waals surface area contributed by atoms with Crippen LogP contribution in [0.4, 0.5) is 0 Å². The molecule has 0 bridgehead atoms. The number of aryl methyl sites for hydroxylation is 2. The molecule has 124 valence electrons. The number of rotatable bonds is 5. The largest absolute Gasteiger partial charge is 0.483 e. The van der Waals surface area contributed by atoms with Crippen LogP contribution in [0.25, 0.3) is 6.08 Å². The molecule has 0 aliphatic carbocycles. The van der Waals surface area contributed by atoms with Gasteiger partial charge in [-0.3, -0.25) is 20.4 Å². The van der Waals surface area contributed by atoms with E-state index in [1.807, 2.05) is 56.3 Å². The molecule has 0 atom stereocenters. The molecular formula is C19H20N2O3. The topological polar surface area (TPSA) is 67.4 Å². The number of carbonyl (C=O) groups excluding carboxylic acids is 2. The molecule has 0 unspecified atom stereocenters. The molecule has 0 aromatic heterocycles. The van der Waals surface area contributed by atoms with E-state index in [2.05, 4.69) is 10.9 Å². The summed E-state index contributed by atoms with van der Waals surface area (Å²) in [6.45, 7) is 3.71. The van der Waals surface area contributed by atoms with Crippen LogP contribution in [0.15, 0.2) is 54.6 Å². The highest BCUT2D eigenvalue weighted by molar-refractivity contribution is 5.93. The normalized spacial score (nSPS) is 10.4. The Morgan fingerprint density at radius 2 is 1.71 bits per heavy atom. The van der Waals surface area contributed by atoms with Gasteiger partial charge in [0.15, 0.2) is 6.61 Å². The molecule has 0 saturated carbocycles. The fourth-order valence-electron chi connectivity index (χ4n) is 1.92. The Hall–Kier alpha value is -3.08. The van der Waals surface area contributed by atoms with Gasteiger partial charge in [0.1, 0.15) is 5.75 Å². The van der Waals surface area contributed by atoms with Gasteiger partial charge in [-0.05, 0) is 37.1 Å². The summed E-state index contributed by atoms with van der Waals surface area (Å²) >= 11 is 0. The van der Waals surface area contributed by atoms with Crippen LogP contribution >= 0.6 is 0 Å². The van der Waals surface area contributed by atoms with Gasteiger partial charge in [-0.1, -0.05) is 48.0 Å². The Morgan fingerprint density at radius 1 is 1.00 bits per heavy atom. The summed E-state index contributed by atoms with van der Waals surface area (Å²) in [5.41, 5.74) is 7.61. The monoisotopic (exact) mass is 324 g/mol. The van der Waals surface area contributed by atoms with E-state index in [0.717, 1.165) is 16.7 Å². The molecule has 0 heterocycles. The van der Waals surface area contributed by atoms with Gasteiger partial charge in [0.05, 0.1) is 0 Å². The third-order valence-electron chi connectivity index (χ3n) is 3.28. The summed E-state index contributed by atoms with van der Waals surface area (Å²) in [5, 5.41) is 0. The maximum Gasteiger partial charge on any atom is 0.276 e. The molecule has 2 amide bonds. The molecule has 0 aliphatic heterocycles. The van der Waals surface area contributed by atoms with Crippen LogP contribution in [-0.2, 0) is 9.59 Å². The van der Waals surface area contributed by atoms with Crippen LogP contribution < -0.4 is 15.6 Å². The van der Waals surface area contributed by atoms with E-state index < -0.39 is 11.8 Å². The van der Waals surface area contributed by atoms with Crippen molar-refractivity contribution in [2.24, 2.45) is 0 Å². The molecule has 0 saturated heterocycles.